The number of hydrogen-bond acceptors (Lipinski definition) is 3. The van der Waals surface area contributed by atoms with Gasteiger partial charge in [0.05, 0.1) is 11.5 Å². The Morgan fingerprint density at radius 1 is 1.31 bits per heavy atom. The summed E-state index contributed by atoms with van der Waals surface area (Å²) in [4.78, 5) is 0.392. The molecule has 0 atom stereocenters. The Balaban J connectivity index is 3.09. The van der Waals surface area contributed by atoms with Gasteiger partial charge < -0.3 is 9.47 Å². The van der Waals surface area contributed by atoms with Crippen molar-refractivity contribution in [3.8, 4) is 11.5 Å². The van der Waals surface area contributed by atoms with Crippen LogP contribution in [0.25, 0.3) is 0 Å². The molecule has 1 rings (SSSR count). The van der Waals surface area contributed by atoms with Crippen LogP contribution in [0.2, 0.25) is 0 Å². The van der Waals surface area contributed by atoms with E-state index in [1.165, 1.54) is 17.8 Å². The SMILES string of the molecule is CCOc1cccc(SC)c1OC(F)(F)F. The molecule has 0 aliphatic heterocycles. The van der Waals surface area contributed by atoms with Crippen LogP contribution in [-0.2, 0) is 0 Å². The van der Waals surface area contributed by atoms with Gasteiger partial charge in [-0.2, -0.15) is 0 Å². The Kier molecular flexibility index (Phi) is 4.35. The summed E-state index contributed by atoms with van der Waals surface area (Å²) in [6.45, 7) is 1.98. The Morgan fingerprint density at radius 2 is 2.00 bits per heavy atom. The van der Waals surface area contributed by atoms with Crippen molar-refractivity contribution in [3.05, 3.63) is 18.2 Å². The van der Waals surface area contributed by atoms with E-state index in [0.29, 0.717) is 4.90 Å². The molecule has 1 aromatic carbocycles. The van der Waals surface area contributed by atoms with Crippen LogP contribution in [0.1, 0.15) is 6.92 Å². The topological polar surface area (TPSA) is 18.5 Å². The molecular weight excluding hydrogens is 241 g/mol. The highest BCUT2D eigenvalue weighted by molar-refractivity contribution is 7.98. The van der Waals surface area contributed by atoms with Gasteiger partial charge in [-0.05, 0) is 25.3 Å². The zero-order valence-electron chi connectivity index (χ0n) is 8.80. The molecule has 0 radical (unpaired) electrons. The van der Waals surface area contributed by atoms with Crippen molar-refractivity contribution in [2.24, 2.45) is 0 Å². The molecule has 0 fully saturated rings. The monoisotopic (exact) mass is 252 g/mol. The van der Waals surface area contributed by atoms with Crippen molar-refractivity contribution < 1.29 is 22.6 Å². The summed E-state index contributed by atoms with van der Waals surface area (Å²) in [5.41, 5.74) is 0. The van der Waals surface area contributed by atoms with Crippen LogP contribution < -0.4 is 9.47 Å². The van der Waals surface area contributed by atoms with E-state index in [2.05, 4.69) is 4.74 Å². The number of para-hydroxylation sites is 1. The first-order chi connectivity index (χ1) is 7.48. The van der Waals surface area contributed by atoms with Crippen molar-refractivity contribution in [1.29, 1.82) is 0 Å². The van der Waals surface area contributed by atoms with Crippen molar-refractivity contribution in [1.82, 2.24) is 0 Å². The number of alkyl halides is 3. The first-order valence-corrected chi connectivity index (χ1v) is 5.76. The zero-order valence-corrected chi connectivity index (χ0v) is 9.61. The van der Waals surface area contributed by atoms with Gasteiger partial charge >= 0.3 is 6.36 Å². The van der Waals surface area contributed by atoms with Gasteiger partial charge in [-0.15, -0.1) is 24.9 Å². The van der Waals surface area contributed by atoms with E-state index in [1.807, 2.05) is 0 Å². The van der Waals surface area contributed by atoms with Gasteiger partial charge in [-0.1, -0.05) is 6.07 Å². The summed E-state index contributed by atoms with van der Waals surface area (Å²) in [7, 11) is 0. The molecule has 0 bridgehead atoms. The second-order valence-electron chi connectivity index (χ2n) is 2.77. The Bertz CT molecular complexity index is 352. The van der Waals surface area contributed by atoms with E-state index >= 15 is 0 Å². The van der Waals surface area contributed by atoms with Crippen LogP contribution >= 0.6 is 11.8 Å². The fourth-order valence-corrected chi connectivity index (χ4v) is 1.68. The number of thioether (sulfide) groups is 1. The number of rotatable bonds is 4. The average Bonchev–Trinajstić information content (AvgIpc) is 2.19. The highest BCUT2D eigenvalue weighted by Gasteiger charge is 2.33. The van der Waals surface area contributed by atoms with Crippen molar-refractivity contribution in [3.63, 3.8) is 0 Å². The van der Waals surface area contributed by atoms with E-state index in [0.717, 1.165) is 0 Å². The van der Waals surface area contributed by atoms with Crippen molar-refractivity contribution in [2.75, 3.05) is 12.9 Å². The summed E-state index contributed by atoms with van der Waals surface area (Å²) < 4.78 is 45.6. The third-order valence-corrected chi connectivity index (χ3v) is 2.44. The molecule has 0 saturated heterocycles. The standard InChI is InChI=1S/C10H11F3O2S/c1-3-14-7-5-4-6-8(16-2)9(7)15-10(11,12)13/h4-6H,3H2,1-2H3. The van der Waals surface area contributed by atoms with Crippen LogP contribution in [0.4, 0.5) is 13.2 Å². The molecule has 0 heterocycles. The maximum absolute atomic E-state index is 12.2. The Labute approximate surface area is 95.7 Å². The lowest BCUT2D eigenvalue weighted by Crippen LogP contribution is -2.18. The molecular formula is C10H11F3O2S. The highest BCUT2D eigenvalue weighted by Crippen LogP contribution is 2.39. The minimum atomic E-state index is -4.71. The highest BCUT2D eigenvalue weighted by atomic mass is 32.2. The molecule has 0 N–H and O–H groups in total. The summed E-state index contributed by atoms with van der Waals surface area (Å²) in [6, 6.07) is 4.62. The van der Waals surface area contributed by atoms with Gasteiger partial charge in [-0.25, -0.2) is 0 Å². The van der Waals surface area contributed by atoms with Crippen LogP contribution in [0, 0.1) is 0 Å². The second kappa shape index (κ2) is 5.34. The minimum absolute atomic E-state index is 0.103. The van der Waals surface area contributed by atoms with Crippen LogP contribution in [0.3, 0.4) is 0 Å². The first kappa shape index (κ1) is 13.0. The van der Waals surface area contributed by atoms with E-state index < -0.39 is 6.36 Å². The molecule has 16 heavy (non-hydrogen) atoms. The summed E-state index contributed by atoms with van der Waals surface area (Å²) >= 11 is 1.17. The normalized spacial score (nSPS) is 11.3. The zero-order chi connectivity index (χ0) is 12.2. The fourth-order valence-electron chi connectivity index (χ4n) is 1.14. The van der Waals surface area contributed by atoms with Gasteiger partial charge in [0, 0.05) is 0 Å². The number of benzene rings is 1. The lowest BCUT2D eigenvalue weighted by Gasteiger charge is -2.15. The van der Waals surface area contributed by atoms with Crippen molar-refractivity contribution >= 4 is 11.8 Å². The molecule has 2 nitrogen and oxygen atoms in total. The number of halogens is 3. The maximum atomic E-state index is 12.2. The van der Waals surface area contributed by atoms with Crippen LogP contribution in [0.15, 0.2) is 23.1 Å². The number of hydrogen-bond donors (Lipinski definition) is 0. The molecule has 0 aliphatic carbocycles. The molecule has 90 valence electrons. The third kappa shape index (κ3) is 3.52. The first-order valence-electron chi connectivity index (χ1n) is 4.53. The minimum Gasteiger partial charge on any atom is -0.490 e. The Hall–Kier alpha value is -1.04. The molecule has 0 amide bonds. The molecule has 0 aromatic heterocycles. The smallest absolute Gasteiger partial charge is 0.490 e. The van der Waals surface area contributed by atoms with E-state index in [4.69, 9.17) is 4.74 Å². The average molecular weight is 252 g/mol. The van der Waals surface area contributed by atoms with Crippen LogP contribution in [-0.4, -0.2) is 19.2 Å². The number of ether oxygens (including phenoxy) is 2. The lowest BCUT2D eigenvalue weighted by molar-refractivity contribution is -0.276. The molecule has 6 heteroatoms. The molecule has 0 unspecified atom stereocenters. The summed E-state index contributed by atoms with van der Waals surface area (Å²) in [6.07, 6.45) is -3.04. The molecule has 0 aliphatic rings. The largest absolute Gasteiger partial charge is 0.573 e. The molecule has 0 spiro atoms. The van der Waals surface area contributed by atoms with Crippen LogP contribution in [0.5, 0.6) is 11.5 Å². The Morgan fingerprint density at radius 3 is 2.50 bits per heavy atom. The molecule has 1 aromatic rings. The maximum Gasteiger partial charge on any atom is 0.573 e. The second-order valence-corrected chi connectivity index (χ2v) is 3.62. The predicted molar refractivity (Wildman–Crippen MR) is 56.1 cm³/mol. The third-order valence-electron chi connectivity index (χ3n) is 1.68. The fraction of sp³-hybridized carbons (Fsp3) is 0.400. The quantitative estimate of drug-likeness (QED) is 0.761. The van der Waals surface area contributed by atoms with Gasteiger partial charge in [-0.3, -0.25) is 0 Å². The lowest BCUT2D eigenvalue weighted by atomic mass is 10.3. The van der Waals surface area contributed by atoms with Crippen molar-refractivity contribution in [2.45, 2.75) is 18.2 Å². The summed E-state index contributed by atoms with van der Waals surface area (Å²) in [5.74, 6) is -0.170. The molecule has 0 saturated carbocycles. The van der Waals surface area contributed by atoms with Gasteiger partial charge in [0.25, 0.3) is 0 Å². The van der Waals surface area contributed by atoms with E-state index in [1.54, 1.807) is 25.3 Å². The predicted octanol–water partition coefficient (Wildman–Crippen LogP) is 3.71. The van der Waals surface area contributed by atoms with Gasteiger partial charge in [0.1, 0.15) is 0 Å². The van der Waals surface area contributed by atoms with E-state index in [9.17, 15) is 13.2 Å². The van der Waals surface area contributed by atoms with E-state index in [-0.39, 0.29) is 18.1 Å². The van der Waals surface area contributed by atoms with Gasteiger partial charge in [0.2, 0.25) is 0 Å². The summed E-state index contributed by atoms with van der Waals surface area (Å²) in [5, 5.41) is 0. The van der Waals surface area contributed by atoms with Gasteiger partial charge in [0.15, 0.2) is 11.5 Å².